The predicted octanol–water partition coefficient (Wildman–Crippen LogP) is 12.0. The fourth-order valence-electron chi connectivity index (χ4n) is 6.33. The van der Waals surface area contributed by atoms with Gasteiger partial charge in [0.05, 0.1) is 32.6 Å². The molecule has 10 heteroatoms. The lowest BCUT2D eigenvalue weighted by Gasteiger charge is -2.38. The molecule has 0 aliphatic rings. The molecule has 0 saturated heterocycles. The molecule has 0 fully saturated rings. The Morgan fingerprint density at radius 1 is 0.571 bits per heavy atom. The molecule has 0 amide bonds. The Labute approximate surface area is 309 Å². The van der Waals surface area contributed by atoms with Crippen LogP contribution in [0.3, 0.4) is 0 Å². The van der Waals surface area contributed by atoms with Crippen LogP contribution in [-0.2, 0) is 24.8 Å². The summed E-state index contributed by atoms with van der Waals surface area (Å²) >= 11 is 0. The third kappa shape index (κ3) is 32.1. The highest BCUT2D eigenvalue weighted by molar-refractivity contribution is 7.85. The van der Waals surface area contributed by atoms with Crippen molar-refractivity contribution in [1.82, 2.24) is 0 Å². The molecule has 0 atom stereocenters. The van der Waals surface area contributed by atoms with Gasteiger partial charge in [-0.15, -0.1) is 0 Å². The first-order valence-electron chi connectivity index (χ1n) is 19.9. The average Bonchev–Trinajstić information content (AvgIpc) is 2.94. The van der Waals surface area contributed by atoms with Crippen LogP contribution in [0.15, 0.2) is 29.2 Å². The molecule has 1 aromatic rings. The Kier molecular flexibility index (Phi) is 25.4. The summed E-state index contributed by atoms with van der Waals surface area (Å²) in [5, 5.41) is 0. The second kappa shape index (κ2) is 25.6. The first-order valence-corrected chi connectivity index (χ1v) is 30.7. The van der Waals surface area contributed by atoms with Gasteiger partial charge < -0.3 is 17.3 Å². The quantitative estimate of drug-likeness (QED) is 0.0368. The molecular weight excluding hydrogens is 679 g/mol. The van der Waals surface area contributed by atoms with E-state index >= 15 is 0 Å². The fraction of sp³-hybridized carbons (Fsp3) is 0.846. The van der Waals surface area contributed by atoms with Crippen LogP contribution >= 0.6 is 0 Å². The molecule has 0 aliphatic heterocycles. The number of aryl methyl sites for hydroxylation is 1. The normalized spacial score (nSPS) is 13.0. The Balaban J connectivity index is 0.000000958. The van der Waals surface area contributed by atoms with Crippen LogP contribution < -0.4 is 0 Å². The second-order valence-corrected chi connectivity index (χ2v) is 31.8. The van der Waals surface area contributed by atoms with Crippen LogP contribution in [0.2, 0.25) is 51.9 Å². The first kappa shape index (κ1) is 48.7. The number of nitrogens with zero attached hydrogens (tertiary/aromatic N) is 1. The summed E-state index contributed by atoms with van der Waals surface area (Å²) in [6, 6.07) is 7.49. The van der Waals surface area contributed by atoms with Crippen molar-refractivity contribution >= 4 is 35.3 Å². The van der Waals surface area contributed by atoms with Crippen LogP contribution in [0.4, 0.5) is 0 Å². The van der Waals surface area contributed by atoms with E-state index < -0.39 is 35.3 Å². The minimum absolute atomic E-state index is 0.140. The van der Waals surface area contributed by atoms with E-state index in [1.165, 1.54) is 140 Å². The van der Waals surface area contributed by atoms with Gasteiger partial charge in [0.25, 0.3) is 0 Å². The van der Waals surface area contributed by atoms with Gasteiger partial charge in [-0.2, -0.15) is 0 Å². The lowest BCUT2D eigenvalue weighted by atomic mass is 10.0. The number of unbranched alkanes of at least 4 members (excludes halogenated alkanes) is 17. The molecule has 1 aromatic carbocycles. The van der Waals surface area contributed by atoms with E-state index in [9.17, 15) is 13.0 Å². The van der Waals surface area contributed by atoms with Gasteiger partial charge in [0.2, 0.25) is 0 Å². The van der Waals surface area contributed by atoms with Crippen LogP contribution in [0.5, 0.6) is 0 Å². The molecule has 0 N–H and O–H groups in total. The third-order valence-electron chi connectivity index (χ3n) is 8.54. The molecule has 290 valence electrons. The zero-order valence-corrected chi connectivity index (χ0v) is 38.1. The predicted molar refractivity (Wildman–Crippen MR) is 220 cm³/mol. The Hall–Kier alpha value is -0.339. The number of hydrogen-bond acceptors (Lipinski definition) is 5. The Bertz CT molecular complexity index is 1030. The van der Waals surface area contributed by atoms with Crippen LogP contribution in [0.25, 0.3) is 0 Å². The highest BCUT2D eigenvalue weighted by Gasteiger charge is 2.39. The van der Waals surface area contributed by atoms with Crippen LogP contribution in [-0.4, -0.2) is 70.3 Å². The maximum absolute atomic E-state index is 10.8. The molecule has 0 aliphatic carbocycles. The summed E-state index contributed by atoms with van der Waals surface area (Å²) in [7, 11) is -2.54. The molecule has 6 nitrogen and oxygen atoms in total. The van der Waals surface area contributed by atoms with E-state index in [-0.39, 0.29) is 4.90 Å². The zero-order chi connectivity index (χ0) is 37.5. The molecule has 1 rings (SSSR count). The van der Waals surface area contributed by atoms with Gasteiger partial charge in [0, 0.05) is 0 Å². The van der Waals surface area contributed by atoms with Gasteiger partial charge in [0.1, 0.15) is 10.1 Å². The summed E-state index contributed by atoms with van der Waals surface area (Å²) in [6.45, 7) is 19.7. The monoisotopic (exact) mass is 760 g/mol. The highest BCUT2D eigenvalue weighted by atomic mass is 32.2. The average molecular weight is 760 g/mol. The van der Waals surface area contributed by atoms with Gasteiger partial charge in [-0.1, -0.05) is 122 Å². The molecule has 0 bridgehead atoms. The maximum atomic E-state index is 10.8. The van der Waals surface area contributed by atoms with Gasteiger partial charge in [-0.25, -0.2) is 8.42 Å². The minimum atomic E-state index is -4.31. The number of rotatable bonds is 28. The zero-order valence-electron chi connectivity index (χ0n) is 34.3. The summed E-state index contributed by atoms with van der Waals surface area (Å²) in [4.78, 5) is -0.140. The molecule has 0 heterocycles. The van der Waals surface area contributed by atoms with Crippen molar-refractivity contribution in [1.29, 1.82) is 0 Å². The van der Waals surface area contributed by atoms with Crippen molar-refractivity contribution in [2.24, 2.45) is 0 Å². The number of hydrogen-bond donors (Lipinski definition) is 0. The van der Waals surface area contributed by atoms with Gasteiger partial charge in [0.15, 0.2) is 16.6 Å². The molecule has 0 saturated carbocycles. The molecule has 0 spiro atoms. The van der Waals surface area contributed by atoms with Crippen molar-refractivity contribution in [2.45, 2.75) is 192 Å². The standard InChI is InChI=1S/C21H52NO2Si3.C18H30O3S/c1-22(2,3)20-18-16-14-12-11-13-15-17-19-21-27(10,23-25(4,5)6)24-26(7,8)9;1-2-3-4-5-6-7-8-9-10-11-12-17-13-15-18(16-14-17)22(19,20)21/h11-21H2,1-10H3;13-16H,2-12H2,1H3,(H,19,20,21)/q+1;/p-1. The molecule has 0 unspecified atom stereocenters. The Morgan fingerprint density at radius 3 is 1.31 bits per heavy atom. The number of benzene rings is 1. The first-order chi connectivity index (χ1) is 22.7. The summed E-state index contributed by atoms with van der Waals surface area (Å²) in [5.74, 6) is 0. The van der Waals surface area contributed by atoms with E-state index in [0.29, 0.717) is 0 Å². The van der Waals surface area contributed by atoms with Gasteiger partial charge >= 0.3 is 8.56 Å². The topological polar surface area (TPSA) is 75.7 Å². The van der Waals surface area contributed by atoms with E-state index in [1.807, 2.05) is 0 Å². The minimum Gasteiger partial charge on any atom is -0.744 e. The molecule has 49 heavy (non-hydrogen) atoms. The maximum Gasteiger partial charge on any atom is 0.314 e. The third-order valence-corrected chi connectivity index (χ3v) is 19.0. The highest BCUT2D eigenvalue weighted by Crippen LogP contribution is 2.27. The van der Waals surface area contributed by atoms with Crippen molar-refractivity contribution in [3.05, 3.63) is 29.8 Å². The van der Waals surface area contributed by atoms with Crippen molar-refractivity contribution in [2.75, 3.05) is 27.7 Å². The SMILES string of the molecule is CCCCCCCCCCCCc1ccc(S(=O)(=O)[O-])cc1.C[N+](C)(C)CCCCCCCCCCC[Si](C)(O[Si](C)(C)C)O[Si](C)(C)C. The van der Waals surface area contributed by atoms with Gasteiger partial charge in [-0.3, -0.25) is 0 Å². The molecular formula is C39H81NO5SSi3. The van der Waals surface area contributed by atoms with Crippen LogP contribution in [0, 0.1) is 0 Å². The van der Waals surface area contributed by atoms with Crippen molar-refractivity contribution in [3.63, 3.8) is 0 Å². The van der Waals surface area contributed by atoms with E-state index in [1.54, 1.807) is 12.1 Å². The van der Waals surface area contributed by atoms with Crippen molar-refractivity contribution in [3.8, 4) is 0 Å². The smallest absolute Gasteiger partial charge is 0.314 e. The lowest BCUT2D eigenvalue weighted by Crippen LogP contribution is -2.52. The summed E-state index contributed by atoms with van der Waals surface area (Å²) < 4.78 is 46.8. The van der Waals surface area contributed by atoms with E-state index in [0.717, 1.165) is 22.9 Å². The Morgan fingerprint density at radius 2 is 0.939 bits per heavy atom. The summed E-state index contributed by atoms with van der Waals surface area (Å²) in [6.07, 6.45) is 26.5. The van der Waals surface area contributed by atoms with Gasteiger partial charge in [-0.05, 0) is 95.3 Å². The molecule has 0 aromatic heterocycles. The second-order valence-electron chi connectivity index (χ2n) is 17.5. The van der Waals surface area contributed by atoms with E-state index in [4.69, 9.17) is 8.23 Å². The van der Waals surface area contributed by atoms with E-state index in [2.05, 4.69) is 73.9 Å². The fourth-order valence-corrected chi connectivity index (χ4v) is 19.4. The molecule has 0 radical (unpaired) electrons. The van der Waals surface area contributed by atoms with Crippen LogP contribution in [0.1, 0.15) is 134 Å². The lowest BCUT2D eigenvalue weighted by molar-refractivity contribution is -0.870. The number of quaternary nitrogens is 1. The summed E-state index contributed by atoms with van der Waals surface area (Å²) in [5.41, 5.74) is 1.10. The van der Waals surface area contributed by atoms with Crippen molar-refractivity contribution < 1.29 is 25.7 Å². The largest absolute Gasteiger partial charge is 0.744 e.